The van der Waals surface area contributed by atoms with Gasteiger partial charge in [-0.3, -0.25) is 0 Å². The Morgan fingerprint density at radius 3 is 2.06 bits per heavy atom. The number of hydrogen-bond acceptors (Lipinski definition) is 2. The van der Waals surface area contributed by atoms with Gasteiger partial charge in [0, 0.05) is 11.2 Å². The number of nitrogens with two attached hydrogens (primary N) is 1. The Bertz CT molecular complexity index is 355. The lowest BCUT2D eigenvalue weighted by Gasteiger charge is -2.27. The van der Waals surface area contributed by atoms with Crippen molar-refractivity contribution in [3.8, 4) is 0 Å². The minimum atomic E-state index is -4.29. The van der Waals surface area contributed by atoms with Gasteiger partial charge in [-0.15, -0.1) is 0 Å². The van der Waals surface area contributed by atoms with Crippen molar-refractivity contribution in [2.45, 2.75) is 32.0 Å². The summed E-state index contributed by atoms with van der Waals surface area (Å²) in [6.07, 6.45) is -3.54. The van der Waals surface area contributed by atoms with Gasteiger partial charge in [0.2, 0.25) is 0 Å². The van der Waals surface area contributed by atoms with Crippen LogP contribution in [-0.2, 0) is 6.18 Å². The normalized spacial score (nSPS) is 12.6. The first-order valence-electron chi connectivity index (χ1n) is 5.40. The van der Waals surface area contributed by atoms with E-state index in [0.717, 1.165) is 18.6 Å². The number of alkyl halides is 3. The highest BCUT2D eigenvalue weighted by atomic mass is 19.4. The molecule has 0 aliphatic carbocycles. The first-order valence-corrected chi connectivity index (χ1v) is 5.40. The molecule has 0 bridgehead atoms. The van der Waals surface area contributed by atoms with Crippen LogP contribution in [0.4, 0.5) is 18.9 Å². The molecule has 2 nitrogen and oxygen atoms in total. The van der Waals surface area contributed by atoms with E-state index in [1.807, 2.05) is 13.8 Å². The summed E-state index contributed by atoms with van der Waals surface area (Å²) in [5.41, 5.74) is 5.26. The molecular weight excluding hydrogens is 229 g/mol. The Labute approximate surface area is 99.0 Å². The van der Waals surface area contributed by atoms with Gasteiger partial charge in [-0.25, -0.2) is 0 Å². The minimum absolute atomic E-state index is 0.228. The molecule has 1 aromatic carbocycles. The van der Waals surface area contributed by atoms with Crippen LogP contribution in [0.2, 0.25) is 0 Å². The Hall–Kier alpha value is -1.23. The molecule has 96 valence electrons. The molecule has 0 atom stereocenters. The molecule has 1 aromatic rings. The second-order valence-corrected chi connectivity index (χ2v) is 4.62. The van der Waals surface area contributed by atoms with Crippen LogP contribution in [0.5, 0.6) is 0 Å². The molecule has 0 aliphatic heterocycles. The van der Waals surface area contributed by atoms with E-state index < -0.39 is 11.7 Å². The fraction of sp³-hybridized carbons (Fsp3) is 0.500. The standard InChI is InChI=1S/C12H17F3N2/c1-11(2,7-8-16)17-10-5-3-9(4-6-10)12(13,14)15/h3-6,17H,7-8,16H2,1-2H3. The third kappa shape index (κ3) is 4.26. The van der Waals surface area contributed by atoms with Gasteiger partial charge in [-0.1, -0.05) is 0 Å². The molecule has 0 radical (unpaired) electrons. The third-order valence-corrected chi connectivity index (χ3v) is 2.46. The second kappa shape index (κ2) is 4.96. The molecule has 0 aromatic heterocycles. The van der Waals surface area contributed by atoms with E-state index >= 15 is 0 Å². The molecule has 1 rings (SSSR count). The molecule has 0 heterocycles. The summed E-state index contributed by atoms with van der Waals surface area (Å²) in [7, 11) is 0. The van der Waals surface area contributed by atoms with E-state index in [4.69, 9.17) is 5.73 Å². The van der Waals surface area contributed by atoms with Crippen molar-refractivity contribution in [2.75, 3.05) is 11.9 Å². The van der Waals surface area contributed by atoms with E-state index in [-0.39, 0.29) is 5.54 Å². The van der Waals surface area contributed by atoms with Crippen LogP contribution in [0.1, 0.15) is 25.8 Å². The maximum Gasteiger partial charge on any atom is 0.416 e. The van der Waals surface area contributed by atoms with Crippen LogP contribution >= 0.6 is 0 Å². The molecule has 3 N–H and O–H groups in total. The van der Waals surface area contributed by atoms with Crippen LogP contribution in [0.25, 0.3) is 0 Å². The predicted molar refractivity (Wildman–Crippen MR) is 62.8 cm³/mol. The van der Waals surface area contributed by atoms with E-state index in [0.29, 0.717) is 12.2 Å². The molecule has 0 unspecified atom stereocenters. The van der Waals surface area contributed by atoms with Gasteiger partial charge in [0.1, 0.15) is 0 Å². The van der Waals surface area contributed by atoms with Crippen molar-refractivity contribution in [3.63, 3.8) is 0 Å². The molecule has 0 saturated heterocycles. The quantitative estimate of drug-likeness (QED) is 0.855. The third-order valence-electron chi connectivity index (χ3n) is 2.46. The fourth-order valence-corrected chi connectivity index (χ4v) is 1.56. The lowest BCUT2D eigenvalue weighted by atomic mass is 10.00. The van der Waals surface area contributed by atoms with Gasteiger partial charge < -0.3 is 11.1 Å². The molecule has 0 saturated carbocycles. The molecule has 0 spiro atoms. The van der Waals surface area contributed by atoms with Crippen molar-refractivity contribution in [2.24, 2.45) is 5.73 Å². The van der Waals surface area contributed by atoms with E-state index in [2.05, 4.69) is 5.32 Å². The topological polar surface area (TPSA) is 38.0 Å². The van der Waals surface area contributed by atoms with E-state index in [9.17, 15) is 13.2 Å². The molecule has 5 heteroatoms. The van der Waals surface area contributed by atoms with E-state index in [1.54, 1.807) is 0 Å². The number of benzene rings is 1. The first kappa shape index (κ1) is 13.8. The average molecular weight is 246 g/mol. The highest BCUT2D eigenvalue weighted by molar-refractivity contribution is 5.47. The van der Waals surface area contributed by atoms with Crippen molar-refractivity contribution in [3.05, 3.63) is 29.8 Å². The Morgan fingerprint density at radius 2 is 1.65 bits per heavy atom. The highest BCUT2D eigenvalue weighted by Crippen LogP contribution is 2.30. The molecular formula is C12H17F3N2. The lowest BCUT2D eigenvalue weighted by Crippen LogP contribution is -2.33. The summed E-state index contributed by atoms with van der Waals surface area (Å²) < 4.78 is 37.0. The second-order valence-electron chi connectivity index (χ2n) is 4.62. The maximum absolute atomic E-state index is 12.3. The van der Waals surface area contributed by atoms with E-state index in [1.165, 1.54) is 12.1 Å². The number of anilines is 1. The van der Waals surface area contributed by atoms with Gasteiger partial charge in [-0.05, 0) is 51.1 Å². The first-order chi connectivity index (χ1) is 7.74. The number of hydrogen-bond donors (Lipinski definition) is 2. The predicted octanol–water partition coefficient (Wildman–Crippen LogP) is 3.24. The Morgan fingerprint density at radius 1 is 1.12 bits per heavy atom. The van der Waals surface area contributed by atoms with Gasteiger partial charge in [0.25, 0.3) is 0 Å². The molecule has 0 amide bonds. The van der Waals surface area contributed by atoms with Crippen LogP contribution < -0.4 is 11.1 Å². The fourth-order valence-electron chi connectivity index (χ4n) is 1.56. The highest BCUT2D eigenvalue weighted by Gasteiger charge is 2.30. The van der Waals surface area contributed by atoms with Gasteiger partial charge >= 0.3 is 6.18 Å². The van der Waals surface area contributed by atoms with Gasteiger partial charge in [-0.2, -0.15) is 13.2 Å². The summed E-state index contributed by atoms with van der Waals surface area (Å²) in [4.78, 5) is 0. The van der Waals surface area contributed by atoms with Gasteiger partial charge in [0.05, 0.1) is 5.56 Å². The van der Waals surface area contributed by atoms with Crippen molar-refractivity contribution in [1.82, 2.24) is 0 Å². The van der Waals surface area contributed by atoms with Crippen molar-refractivity contribution >= 4 is 5.69 Å². The zero-order valence-electron chi connectivity index (χ0n) is 9.93. The maximum atomic E-state index is 12.3. The van der Waals surface area contributed by atoms with Crippen LogP contribution in [0.3, 0.4) is 0 Å². The lowest BCUT2D eigenvalue weighted by molar-refractivity contribution is -0.137. The number of halogens is 3. The summed E-state index contributed by atoms with van der Waals surface area (Å²) in [6, 6.07) is 5.00. The number of nitrogens with one attached hydrogen (secondary N) is 1. The Kier molecular flexibility index (Phi) is 4.03. The summed E-state index contributed by atoms with van der Waals surface area (Å²) in [5, 5.41) is 3.15. The molecule has 17 heavy (non-hydrogen) atoms. The van der Waals surface area contributed by atoms with Crippen molar-refractivity contribution < 1.29 is 13.2 Å². The Balaban J connectivity index is 2.75. The van der Waals surface area contributed by atoms with Gasteiger partial charge in [0.15, 0.2) is 0 Å². The zero-order valence-corrected chi connectivity index (χ0v) is 9.93. The van der Waals surface area contributed by atoms with Crippen LogP contribution in [0, 0.1) is 0 Å². The SMILES string of the molecule is CC(C)(CCN)Nc1ccc(C(F)(F)F)cc1. The van der Waals surface area contributed by atoms with Crippen molar-refractivity contribution in [1.29, 1.82) is 0 Å². The summed E-state index contributed by atoms with van der Waals surface area (Å²) in [5.74, 6) is 0. The monoisotopic (exact) mass is 246 g/mol. The molecule has 0 fully saturated rings. The smallest absolute Gasteiger partial charge is 0.380 e. The van der Waals surface area contributed by atoms with Crippen LogP contribution in [-0.4, -0.2) is 12.1 Å². The largest absolute Gasteiger partial charge is 0.416 e. The van der Waals surface area contributed by atoms with Crippen LogP contribution in [0.15, 0.2) is 24.3 Å². The molecule has 0 aliphatic rings. The summed E-state index contributed by atoms with van der Waals surface area (Å²) in [6.45, 7) is 4.44. The minimum Gasteiger partial charge on any atom is -0.380 e. The number of rotatable bonds is 4. The summed E-state index contributed by atoms with van der Waals surface area (Å²) >= 11 is 0. The average Bonchev–Trinajstić information content (AvgIpc) is 2.16. The zero-order chi connectivity index (χ0) is 13.1.